The van der Waals surface area contributed by atoms with Gasteiger partial charge in [0, 0.05) is 17.4 Å². The van der Waals surface area contributed by atoms with Crippen LogP contribution in [0.1, 0.15) is 11.3 Å². The number of nitrogens with one attached hydrogen (secondary N) is 2. The first kappa shape index (κ1) is 11.5. The number of H-pyrrole nitrogens is 1. The molecule has 0 aliphatic rings. The number of anilines is 2. The van der Waals surface area contributed by atoms with Crippen LogP contribution in [0.4, 0.5) is 11.6 Å². The van der Waals surface area contributed by atoms with Crippen molar-refractivity contribution >= 4 is 17.3 Å². The van der Waals surface area contributed by atoms with Gasteiger partial charge in [-0.15, -0.1) is 0 Å². The second-order valence-corrected chi connectivity index (χ2v) is 4.44. The predicted octanol–water partition coefficient (Wildman–Crippen LogP) is 1.78. The highest BCUT2D eigenvalue weighted by atomic mass is 16.1. The fraction of sp³-hybridized carbons (Fsp3) is 0.154. The van der Waals surface area contributed by atoms with Crippen molar-refractivity contribution in [3.05, 3.63) is 52.1 Å². The molecule has 0 aliphatic carbocycles. The topological polar surface area (TPSA) is 75.1 Å². The van der Waals surface area contributed by atoms with Crippen LogP contribution < -0.4 is 11.0 Å². The molecular formula is C13H13N5O. The molecule has 2 N–H and O–H groups in total. The van der Waals surface area contributed by atoms with Crippen molar-refractivity contribution in [1.82, 2.24) is 19.6 Å². The summed E-state index contributed by atoms with van der Waals surface area (Å²) in [6.07, 6.45) is 0. The van der Waals surface area contributed by atoms with Gasteiger partial charge in [-0.2, -0.15) is 5.10 Å². The smallest absolute Gasteiger partial charge is 0.325 e. The fourth-order valence-electron chi connectivity index (χ4n) is 1.98. The quantitative estimate of drug-likeness (QED) is 0.732. The minimum absolute atomic E-state index is 0.308. The van der Waals surface area contributed by atoms with Crippen LogP contribution in [0.5, 0.6) is 0 Å². The third-order valence-electron chi connectivity index (χ3n) is 2.80. The Morgan fingerprint density at radius 3 is 2.89 bits per heavy atom. The first-order chi connectivity index (χ1) is 9.13. The summed E-state index contributed by atoms with van der Waals surface area (Å²) < 4.78 is 1.41. The Labute approximate surface area is 109 Å². The van der Waals surface area contributed by atoms with E-state index in [1.165, 1.54) is 4.40 Å². The van der Waals surface area contributed by atoms with E-state index in [1.54, 1.807) is 6.07 Å². The standard InChI is InChI=1S/C13H13N5O/c1-8-4-3-5-10(6-8)15-12-14-9(2)7-11-16-17-13(19)18(11)12/h3-7H,1-2H3,(H,14,15)(H,17,19). The monoisotopic (exact) mass is 255 g/mol. The van der Waals surface area contributed by atoms with Crippen LogP contribution in [0.2, 0.25) is 0 Å². The number of hydrogen-bond acceptors (Lipinski definition) is 4. The Hall–Kier alpha value is -2.63. The molecule has 3 aromatic rings. The summed E-state index contributed by atoms with van der Waals surface area (Å²) in [6, 6.07) is 9.62. The molecule has 1 aromatic carbocycles. The number of rotatable bonds is 2. The van der Waals surface area contributed by atoms with Crippen molar-refractivity contribution in [2.75, 3.05) is 5.32 Å². The van der Waals surface area contributed by atoms with Crippen LogP contribution in [0.3, 0.4) is 0 Å². The molecule has 2 heterocycles. The van der Waals surface area contributed by atoms with Crippen LogP contribution in [0.25, 0.3) is 5.65 Å². The minimum Gasteiger partial charge on any atom is -0.325 e. The van der Waals surface area contributed by atoms with E-state index in [9.17, 15) is 4.79 Å². The Kier molecular flexibility index (Phi) is 2.56. The number of hydrogen-bond donors (Lipinski definition) is 2. The highest BCUT2D eigenvalue weighted by Gasteiger charge is 2.08. The van der Waals surface area contributed by atoms with Crippen LogP contribution >= 0.6 is 0 Å². The lowest BCUT2D eigenvalue weighted by Gasteiger charge is -2.08. The van der Waals surface area contributed by atoms with E-state index >= 15 is 0 Å². The summed E-state index contributed by atoms with van der Waals surface area (Å²) in [5, 5.41) is 9.51. The van der Waals surface area contributed by atoms with Crippen LogP contribution in [-0.4, -0.2) is 19.6 Å². The molecule has 0 fully saturated rings. The van der Waals surface area contributed by atoms with Gasteiger partial charge in [-0.25, -0.2) is 19.3 Å². The molecule has 0 bridgehead atoms. The van der Waals surface area contributed by atoms with Gasteiger partial charge in [0.1, 0.15) is 0 Å². The second kappa shape index (κ2) is 4.24. The SMILES string of the molecule is Cc1cccc(Nc2nc(C)cc3n[nH]c(=O)n23)c1. The summed E-state index contributed by atoms with van der Waals surface area (Å²) in [5.74, 6) is 0.458. The molecule has 0 unspecified atom stereocenters. The normalized spacial score (nSPS) is 10.8. The third-order valence-corrected chi connectivity index (χ3v) is 2.80. The molecule has 2 aromatic heterocycles. The lowest BCUT2D eigenvalue weighted by atomic mass is 10.2. The van der Waals surface area contributed by atoms with Crippen molar-refractivity contribution in [1.29, 1.82) is 0 Å². The molecule has 96 valence electrons. The van der Waals surface area contributed by atoms with E-state index in [-0.39, 0.29) is 5.69 Å². The highest BCUT2D eigenvalue weighted by Crippen LogP contribution is 2.16. The molecule has 6 heteroatoms. The maximum atomic E-state index is 11.7. The molecule has 0 saturated carbocycles. The van der Waals surface area contributed by atoms with Gasteiger partial charge in [0.2, 0.25) is 5.95 Å². The highest BCUT2D eigenvalue weighted by molar-refractivity contribution is 5.57. The average molecular weight is 255 g/mol. The van der Waals surface area contributed by atoms with Crippen molar-refractivity contribution in [3.63, 3.8) is 0 Å². The van der Waals surface area contributed by atoms with Crippen molar-refractivity contribution in [2.45, 2.75) is 13.8 Å². The summed E-state index contributed by atoms with van der Waals surface area (Å²) in [4.78, 5) is 16.1. The van der Waals surface area contributed by atoms with Gasteiger partial charge >= 0.3 is 5.69 Å². The molecule has 6 nitrogen and oxygen atoms in total. The van der Waals surface area contributed by atoms with Gasteiger partial charge in [-0.1, -0.05) is 12.1 Å². The van der Waals surface area contributed by atoms with Gasteiger partial charge < -0.3 is 5.32 Å². The maximum Gasteiger partial charge on any atom is 0.350 e. The zero-order chi connectivity index (χ0) is 13.4. The van der Waals surface area contributed by atoms with Crippen LogP contribution in [-0.2, 0) is 0 Å². The Morgan fingerprint density at radius 1 is 1.26 bits per heavy atom. The van der Waals surface area contributed by atoms with E-state index in [0.717, 1.165) is 16.9 Å². The number of aromatic nitrogens is 4. The minimum atomic E-state index is -0.308. The summed E-state index contributed by atoms with van der Waals surface area (Å²) in [6.45, 7) is 3.87. The number of aromatic amines is 1. The number of aryl methyl sites for hydroxylation is 2. The number of nitrogens with zero attached hydrogens (tertiary/aromatic N) is 3. The van der Waals surface area contributed by atoms with E-state index < -0.39 is 0 Å². The zero-order valence-electron chi connectivity index (χ0n) is 10.6. The lowest BCUT2D eigenvalue weighted by Crippen LogP contribution is -2.14. The summed E-state index contributed by atoms with van der Waals surface area (Å²) in [5.41, 5.74) is 3.05. The van der Waals surface area contributed by atoms with Crippen LogP contribution in [0, 0.1) is 13.8 Å². The predicted molar refractivity (Wildman–Crippen MR) is 72.8 cm³/mol. The molecule has 0 saturated heterocycles. The fourth-order valence-corrected chi connectivity index (χ4v) is 1.98. The second-order valence-electron chi connectivity index (χ2n) is 4.44. The van der Waals surface area contributed by atoms with Crippen molar-refractivity contribution < 1.29 is 0 Å². The number of benzene rings is 1. The molecular weight excluding hydrogens is 242 g/mol. The largest absolute Gasteiger partial charge is 0.350 e. The average Bonchev–Trinajstić information content (AvgIpc) is 2.71. The molecule has 0 spiro atoms. The van der Waals surface area contributed by atoms with Crippen molar-refractivity contribution in [2.24, 2.45) is 0 Å². The van der Waals surface area contributed by atoms with E-state index in [0.29, 0.717) is 11.6 Å². The zero-order valence-corrected chi connectivity index (χ0v) is 10.6. The van der Waals surface area contributed by atoms with E-state index in [2.05, 4.69) is 20.5 Å². The molecule has 19 heavy (non-hydrogen) atoms. The molecule has 0 aliphatic heterocycles. The van der Waals surface area contributed by atoms with Gasteiger partial charge in [0.25, 0.3) is 0 Å². The van der Waals surface area contributed by atoms with Gasteiger partial charge in [-0.05, 0) is 31.5 Å². The Bertz CT molecular complexity index is 802. The van der Waals surface area contributed by atoms with E-state index in [1.807, 2.05) is 38.1 Å². The first-order valence-electron chi connectivity index (χ1n) is 5.92. The maximum absolute atomic E-state index is 11.7. The van der Waals surface area contributed by atoms with Gasteiger partial charge in [0.15, 0.2) is 5.65 Å². The first-order valence-corrected chi connectivity index (χ1v) is 5.92. The molecule has 3 rings (SSSR count). The van der Waals surface area contributed by atoms with Crippen LogP contribution in [0.15, 0.2) is 35.1 Å². The van der Waals surface area contributed by atoms with Crippen molar-refractivity contribution in [3.8, 4) is 0 Å². The third kappa shape index (κ3) is 2.08. The summed E-state index contributed by atoms with van der Waals surface area (Å²) >= 11 is 0. The Morgan fingerprint density at radius 2 is 2.11 bits per heavy atom. The summed E-state index contributed by atoms with van der Waals surface area (Å²) in [7, 11) is 0. The molecule has 0 radical (unpaired) electrons. The lowest BCUT2D eigenvalue weighted by molar-refractivity contribution is 0.992. The van der Waals surface area contributed by atoms with Gasteiger partial charge in [0.05, 0.1) is 0 Å². The Balaban J connectivity index is 2.14. The molecule has 0 atom stereocenters. The van der Waals surface area contributed by atoms with Gasteiger partial charge in [-0.3, -0.25) is 0 Å². The molecule has 0 amide bonds. The van der Waals surface area contributed by atoms with E-state index in [4.69, 9.17) is 0 Å². The number of fused-ring (bicyclic) bond motifs is 1.